The van der Waals surface area contributed by atoms with Gasteiger partial charge in [-0.2, -0.15) is 0 Å². The molecule has 112 valence electrons. The van der Waals surface area contributed by atoms with Crippen LogP contribution in [0.4, 0.5) is 0 Å². The van der Waals surface area contributed by atoms with E-state index in [0.717, 1.165) is 12.2 Å². The highest BCUT2D eigenvalue weighted by Gasteiger charge is 2.20. The van der Waals surface area contributed by atoms with E-state index < -0.39 is 17.4 Å². The van der Waals surface area contributed by atoms with Crippen molar-refractivity contribution in [3.05, 3.63) is 25.3 Å². The number of carboxylic acid groups (broad SMARTS) is 1. The van der Waals surface area contributed by atoms with Gasteiger partial charge >= 0.3 is 11.9 Å². The number of halogens is 1. The molecule has 0 aliphatic rings. The lowest BCUT2D eigenvalue weighted by Gasteiger charge is -2.20. The minimum Gasteiger partial charge on any atom is -0.478 e. The van der Waals surface area contributed by atoms with E-state index in [4.69, 9.17) is 20.4 Å². The molecule has 0 aromatic rings. The topological polar surface area (TPSA) is 124 Å². The van der Waals surface area contributed by atoms with E-state index in [2.05, 4.69) is 29.3 Å². The molecule has 0 aliphatic carbocycles. The first kappa shape index (κ1) is 22.7. The van der Waals surface area contributed by atoms with Crippen LogP contribution in [0, 0.1) is 5.41 Å². The van der Waals surface area contributed by atoms with Crippen LogP contribution in [-0.2, 0) is 13.9 Å². The van der Waals surface area contributed by atoms with Gasteiger partial charge in [-0.25, -0.2) is 9.59 Å². The van der Waals surface area contributed by atoms with E-state index in [0.29, 0.717) is 0 Å². The number of aliphatic carboxylic acids is 1. The van der Waals surface area contributed by atoms with Crippen molar-refractivity contribution in [3.8, 4) is 0 Å². The average molecular weight is 299 g/mol. The largest absolute Gasteiger partial charge is 0.478 e. The molecule has 8 heteroatoms. The standard InChI is InChI=1S/C5H12O3.C3H3ClO2.C3H4O2/c1-5(2-6,3-7)4-8;1-2-3(5)6-4;1-2-3(4)5/h6-8H,2-4H2,1H3;2H,1H2;2H,1H2,(H,4,5). The molecular weight excluding hydrogens is 280 g/mol. The Morgan fingerprint density at radius 3 is 1.47 bits per heavy atom. The lowest BCUT2D eigenvalue weighted by Crippen LogP contribution is -2.29. The number of aliphatic hydroxyl groups excluding tert-OH is 3. The number of hydrogen-bond donors (Lipinski definition) is 4. The summed E-state index contributed by atoms with van der Waals surface area (Å²) in [6, 6.07) is 0. The van der Waals surface area contributed by atoms with Gasteiger partial charge < -0.3 is 24.7 Å². The molecule has 0 heterocycles. The molecule has 0 atom stereocenters. The Hall–Kier alpha value is -1.41. The summed E-state index contributed by atoms with van der Waals surface area (Å²) < 4.78 is 3.61. The third-order valence-corrected chi connectivity index (χ3v) is 1.71. The van der Waals surface area contributed by atoms with Gasteiger partial charge in [0, 0.05) is 17.6 Å². The monoisotopic (exact) mass is 298 g/mol. The normalized spacial score (nSPS) is 8.89. The van der Waals surface area contributed by atoms with Crippen molar-refractivity contribution in [1.29, 1.82) is 0 Å². The Kier molecular flexibility index (Phi) is 17.5. The second-order valence-corrected chi connectivity index (χ2v) is 3.58. The first-order valence-electron chi connectivity index (χ1n) is 4.89. The average Bonchev–Trinajstić information content (AvgIpc) is 2.46. The number of carbonyl (C=O) groups is 2. The van der Waals surface area contributed by atoms with Crippen LogP contribution in [0.1, 0.15) is 6.92 Å². The summed E-state index contributed by atoms with van der Waals surface area (Å²) in [7, 11) is 0. The highest BCUT2D eigenvalue weighted by molar-refractivity contribution is 6.14. The summed E-state index contributed by atoms with van der Waals surface area (Å²) in [5.41, 5.74) is -0.708. The van der Waals surface area contributed by atoms with Crippen LogP contribution in [0.25, 0.3) is 0 Å². The maximum absolute atomic E-state index is 9.71. The van der Waals surface area contributed by atoms with Crippen LogP contribution < -0.4 is 0 Å². The minimum absolute atomic E-state index is 0.181. The number of aliphatic hydroxyl groups is 3. The molecule has 0 fully saturated rings. The van der Waals surface area contributed by atoms with Gasteiger partial charge in [0.1, 0.15) is 11.9 Å². The second-order valence-electron chi connectivity index (χ2n) is 3.43. The molecule has 0 rings (SSSR count). The van der Waals surface area contributed by atoms with Gasteiger partial charge in [-0.1, -0.05) is 20.1 Å². The summed E-state index contributed by atoms with van der Waals surface area (Å²) in [6.45, 7) is 7.10. The highest BCUT2D eigenvalue weighted by Crippen LogP contribution is 2.10. The first-order valence-corrected chi connectivity index (χ1v) is 5.20. The van der Waals surface area contributed by atoms with Crippen molar-refractivity contribution in [3.63, 3.8) is 0 Å². The molecule has 0 aliphatic heterocycles. The second kappa shape index (κ2) is 14.7. The van der Waals surface area contributed by atoms with Crippen LogP contribution in [0.15, 0.2) is 25.3 Å². The highest BCUT2D eigenvalue weighted by atomic mass is 35.5. The fourth-order valence-corrected chi connectivity index (χ4v) is 0.244. The summed E-state index contributed by atoms with van der Waals surface area (Å²) in [5.74, 6) is -1.61. The molecule has 4 N–H and O–H groups in total. The van der Waals surface area contributed by atoms with Gasteiger partial charge in [-0.05, 0) is 0 Å². The third-order valence-electron chi connectivity index (χ3n) is 1.56. The van der Waals surface area contributed by atoms with Crippen molar-refractivity contribution in [1.82, 2.24) is 0 Å². The van der Waals surface area contributed by atoms with E-state index in [-0.39, 0.29) is 19.8 Å². The summed E-state index contributed by atoms with van der Waals surface area (Å²) >= 11 is 4.53. The maximum Gasteiger partial charge on any atom is 0.348 e. The quantitative estimate of drug-likeness (QED) is 0.530. The zero-order valence-electron chi connectivity index (χ0n) is 10.6. The van der Waals surface area contributed by atoms with Gasteiger partial charge in [0.15, 0.2) is 0 Å². The predicted octanol–water partition coefficient (Wildman–Crippen LogP) is 0.0960. The molecule has 0 bridgehead atoms. The number of rotatable bonds is 5. The Morgan fingerprint density at radius 1 is 1.16 bits per heavy atom. The molecule has 0 aromatic carbocycles. The van der Waals surface area contributed by atoms with Gasteiger partial charge in [-0.3, -0.25) is 0 Å². The Bertz CT molecular complexity index is 266. The lowest BCUT2D eigenvalue weighted by atomic mass is 9.95. The third kappa shape index (κ3) is 19.1. The van der Waals surface area contributed by atoms with E-state index in [1.807, 2.05) is 0 Å². The maximum atomic E-state index is 9.71. The van der Waals surface area contributed by atoms with Crippen molar-refractivity contribution in [2.24, 2.45) is 5.41 Å². The Labute approximate surface area is 116 Å². The van der Waals surface area contributed by atoms with Gasteiger partial charge in [0.25, 0.3) is 0 Å². The van der Waals surface area contributed by atoms with Crippen LogP contribution in [0.3, 0.4) is 0 Å². The Balaban J connectivity index is -0.000000209. The SMILES string of the molecule is C=CC(=O)O.C=CC(=O)OCl.CC(CO)(CO)CO. The van der Waals surface area contributed by atoms with E-state index in [1.165, 1.54) is 0 Å². The van der Waals surface area contributed by atoms with Crippen LogP contribution in [0.5, 0.6) is 0 Å². The van der Waals surface area contributed by atoms with E-state index >= 15 is 0 Å². The molecule has 0 radical (unpaired) electrons. The van der Waals surface area contributed by atoms with E-state index in [1.54, 1.807) is 6.92 Å². The van der Waals surface area contributed by atoms with Crippen LogP contribution in [-0.4, -0.2) is 52.2 Å². The van der Waals surface area contributed by atoms with Crippen molar-refractivity contribution in [2.75, 3.05) is 19.8 Å². The molecular formula is C11H19ClO7. The molecule has 7 nitrogen and oxygen atoms in total. The molecule has 0 amide bonds. The van der Waals surface area contributed by atoms with Crippen molar-refractivity contribution >= 4 is 23.8 Å². The lowest BCUT2D eigenvalue weighted by molar-refractivity contribution is -0.131. The predicted molar refractivity (Wildman–Crippen MR) is 69.3 cm³/mol. The fourth-order valence-electron chi connectivity index (χ4n) is 0.181. The smallest absolute Gasteiger partial charge is 0.348 e. The van der Waals surface area contributed by atoms with Gasteiger partial charge in [-0.15, -0.1) is 0 Å². The van der Waals surface area contributed by atoms with Gasteiger partial charge in [0.05, 0.1) is 19.8 Å². The molecule has 0 saturated heterocycles. The zero-order chi connectivity index (χ0) is 15.9. The fraction of sp³-hybridized carbons (Fsp3) is 0.455. The van der Waals surface area contributed by atoms with Crippen LogP contribution >= 0.6 is 11.9 Å². The molecule has 0 spiro atoms. The number of carboxylic acids is 1. The number of hydrogen-bond acceptors (Lipinski definition) is 6. The molecule has 0 unspecified atom stereocenters. The first-order chi connectivity index (χ1) is 8.76. The van der Waals surface area contributed by atoms with E-state index in [9.17, 15) is 9.59 Å². The summed E-state index contributed by atoms with van der Waals surface area (Å²) in [6.07, 6.45) is 1.81. The van der Waals surface area contributed by atoms with Crippen molar-refractivity contribution < 1.29 is 34.3 Å². The summed E-state index contributed by atoms with van der Waals surface area (Å²) in [5, 5.41) is 33.0. The number of carbonyl (C=O) groups excluding carboxylic acids is 1. The molecule has 0 saturated carbocycles. The minimum atomic E-state index is -0.981. The van der Waals surface area contributed by atoms with Gasteiger partial charge in [0.2, 0.25) is 0 Å². The molecule has 19 heavy (non-hydrogen) atoms. The molecule has 0 aromatic heterocycles. The van der Waals surface area contributed by atoms with Crippen LogP contribution in [0.2, 0.25) is 0 Å². The summed E-state index contributed by atoms with van der Waals surface area (Å²) in [4.78, 5) is 19.0. The zero-order valence-corrected chi connectivity index (χ0v) is 11.3. The Morgan fingerprint density at radius 2 is 1.47 bits per heavy atom. The van der Waals surface area contributed by atoms with Crippen molar-refractivity contribution in [2.45, 2.75) is 6.92 Å².